The molecule has 0 unspecified atom stereocenters. The van der Waals surface area contributed by atoms with Crippen molar-refractivity contribution < 1.29 is 44.1 Å². The number of rotatable bonds is 8. The summed E-state index contributed by atoms with van der Waals surface area (Å²) in [5.41, 5.74) is 0.837. The molecule has 0 amide bonds. The zero-order valence-electron chi connectivity index (χ0n) is 15.0. The van der Waals surface area contributed by atoms with Crippen molar-refractivity contribution in [1.29, 1.82) is 0 Å². The molecule has 1 fully saturated rings. The van der Waals surface area contributed by atoms with Crippen molar-refractivity contribution in [1.82, 2.24) is 0 Å². The number of ether oxygens (including phenoxy) is 5. The summed E-state index contributed by atoms with van der Waals surface area (Å²) in [4.78, 5) is 0. The van der Waals surface area contributed by atoms with Gasteiger partial charge in [-0.05, 0) is 24.1 Å². The summed E-state index contributed by atoms with van der Waals surface area (Å²) >= 11 is 0. The van der Waals surface area contributed by atoms with Gasteiger partial charge < -0.3 is 44.1 Å². The van der Waals surface area contributed by atoms with E-state index in [1.54, 1.807) is 12.1 Å². The van der Waals surface area contributed by atoms with E-state index < -0.39 is 37.3 Å². The highest BCUT2D eigenvalue weighted by Gasteiger charge is 2.43. The number of aliphatic hydroxyl groups excluding tert-OH is 4. The highest BCUT2D eigenvalue weighted by Crippen LogP contribution is 2.38. The monoisotopic (exact) mass is 374 g/mol. The molecule has 1 aromatic rings. The van der Waals surface area contributed by atoms with Crippen LogP contribution in [0.2, 0.25) is 0 Å². The Kier molecular flexibility index (Phi) is 7.44. The molecule has 0 aromatic heterocycles. The van der Waals surface area contributed by atoms with Crippen LogP contribution in [0, 0.1) is 0 Å². The van der Waals surface area contributed by atoms with Crippen LogP contribution in [0.5, 0.6) is 17.2 Å². The van der Waals surface area contributed by atoms with Crippen molar-refractivity contribution in [2.75, 3.05) is 34.5 Å². The maximum Gasteiger partial charge on any atom is 0.203 e. The van der Waals surface area contributed by atoms with Gasteiger partial charge in [0, 0.05) is 0 Å². The van der Waals surface area contributed by atoms with Gasteiger partial charge in [-0.1, -0.05) is 0 Å². The molecule has 5 atom stereocenters. The minimum atomic E-state index is -1.47. The van der Waals surface area contributed by atoms with E-state index >= 15 is 0 Å². The molecule has 0 spiro atoms. The number of benzene rings is 1. The molecule has 1 aromatic carbocycles. The molecule has 0 radical (unpaired) electrons. The van der Waals surface area contributed by atoms with Gasteiger partial charge in [-0.3, -0.25) is 0 Å². The second-order valence-corrected chi connectivity index (χ2v) is 5.85. The van der Waals surface area contributed by atoms with E-state index in [1.165, 1.54) is 21.3 Å². The van der Waals surface area contributed by atoms with Gasteiger partial charge in [-0.25, -0.2) is 0 Å². The van der Waals surface area contributed by atoms with Crippen LogP contribution in [0.25, 0.3) is 0 Å². The maximum atomic E-state index is 9.95. The normalized spacial score (nSPS) is 28.7. The van der Waals surface area contributed by atoms with Crippen LogP contribution in [0.1, 0.15) is 5.56 Å². The highest BCUT2D eigenvalue weighted by molar-refractivity contribution is 5.53. The second-order valence-electron chi connectivity index (χ2n) is 5.85. The standard InChI is InChI=1S/C17H26O9/c1-22-10-6-9(7-11(23-2)16(10)24-3)4-5-25-17-15(21)14(20)13(19)12(8-18)26-17/h6-7,12-15,17-21H,4-5,8H2,1-3H3/t12-,13-,14+,15-,17-/m1/s1. The van der Waals surface area contributed by atoms with Crippen LogP contribution >= 0.6 is 0 Å². The third-order valence-corrected chi connectivity index (χ3v) is 4.25. The zero-order chi connectivity index (χ0) is 19.3. The Morgan fingerprint density at radius 2 is 1.54 bits per heavy atom. The molecule has 4 N–H and O–H groups in total. The molecule has 1 aliphatic rings. The van der Waals surface area contributed by atoms with Gasteiger partial charge in [-0.15, -0.1) is 0 Å². The molecule has 26 heavy (non-hydrogen) atoms. The third kappa shape index (κ3) is 4.37. The molecule has 1 saturated heterocycles. The van der Waals surface area contributed by atoms with Crippen molar-refractivity contribution in [2.24, 2.45) is 0 Å². The minimum absolute atomic E-state index is 0.154. The molecule has 2 rings (SSSR count). The van der Waals surface area contributed by atoms with E-state index in [4.69, 9.17) is 23.7 Å². The lowest BCUT2D eigenvalue weighted by Crippen LogP contribution is -2.59. The summed E-state index contributed by atoms with van der Waals surface area (Å²) in [5, 5.41) is 38.6. The average molecular weight is 374 g/mol. The molecule has 1 heterocycles. The van der Waals surface area contributed by atoms with Crippen LogP contribution < -0.4 is 14.2 Å². The Balaban J connectivity index is 2.01. The van der Waals surface area contributed by atoms with Gasteiger partial charge in [0.2, 0.25) is 5.75 Å². The summed E-state index contributed by atoms with van der Waals surface area (Å²) in [5.74, 6) is 1.50. The van der Waals surface area contributed by atoms with Crippen molar-refractivity contribution >= 4 is 0 Å². The molecule has 9 nitrogen and oxygen atoms in total. The molecular formula is C17H26O9. The summed E-state index contributed by atoms with van der Waals surface area (Å²) < 4.78 is 26.6. The smallest absolute Gasteiger partial charge is 0.203 e. The fraction of sp³-hybridized carbons (Fsp3) is 0.647. The topological polar surface area (TPSA) is 127 Å². The summed E-state index contributed by atoms with van der Waals surface area (Å²) in [6, 6.07) is 3.55. The van der Waals surface area contributed by atoms with Crippen molar-refractivity contribution in [2.45, 2.75) is 37.1 Å². The van der Waals surface area contributed by atoms with Crippen LogP contribution in [0.15, 0.2) is 12.1 Å². The number of aliphatic hydroxyl groups is 4. The van der Waals surface area contributed by atoms with Gasteiger partial charge in [0.05, 0.1) is 34.5 Å². The Hall–Kier alpha value is -1.62. The lowest BCUT2D eigenvalue weighted by molar-refractivity contribution is -0.300. The molecule has 0 bridgehead atoms. The molecular weight excluding hydrogens is 348 g/mol. The van der Waals surface area contributed by atoms with Crippen LogP contribution in [0.3, 0.4) is 0 Å². The Morgan fingerprint density at radius 1 is 0.923 bits per heavy atom. The van der Waals surface area contributed by atoms with Crippen LogP contribution in [0.4, 0.5) is 0 Å². The molecule has 1 aliphatic heterocycles. The van der Waals surface area contributed by atoms with Crippen molar-refractivity contribution in [3.05, 3.63) is 17.7 Å². The number of hydrogen-bond donors (Lipinski definition) is 4. The van der Waals surface area contributed by atoms with Gasteiger partial charge in [0.15, 0.2) is 17.8 Å². The van der Waals surface area contributed by atoms with E-state index in [0.717, 1.165) is 5.56 Å². The Bertz CT molecular complexity index is 552. The fourth-order valence-corrected chi connectivity index (χ4v) is 2.78. The van der Waals surface area contributed by atoms with Gasteiger partial charge >= 0.3 is 0 Å². The van der Waals surface area contributed by atoms with E-state index in [1.807, 2.05) is 0 Å². The predicted molar refractivity (Wildman–Crippen MR) is 89.5 cm³/mol. The SMILES string of the molecule is COc1cc(CCO[C@@H]2O[C@H](CO)[C@@H](O)[C@H](O)[C@H]2O)cc(OC)c1OC. The Morgan fingerprint density at radius 3 is 2.04 bits per heavy atom. The van der Waals surface area contributed by atoms with Gasteiger partial charge in [0.1, 0.15) is 24.4 Å². The molecule has 148 valence electrons. The van der Waals surface area contributed by atoms with Crippen LogP contribution in [-0.4, -0.2) is 85.7 Å². The number of methoxy groups -OCH3 is 3. The lowest BCUT2D eigenvalue weighted by atomic mass is 9.99. The first-order valence-electron chi connectivity index (χ1n) is 8.17. The first-order chi connectivity index (χ1) is 12.5. The number of hydrogen-bond acceptors (Lipinski definition) is 9. The quantitative estimate of drug-likeness (QED) is 0.456. The summed E-state index contributed by atoms with van der Waals surface area (Å²) in [6.07, 6.45) is -6.02. The first kappa shape index (κ1) is 20.7. The van der Waals surface area contributed by atoms with E-state index in [0.29, 0.717) is 23.7 Å². The highest BCUT2D eigenvalue weighted by atomic mass is 16.7. The van der Waals surface area contributed by atoms with Crippen LogP contribution in [-0.2, 0) is 15.9 Å². The van der Waals surface area contributed by atoms with Crippen molar-refractivity contribution in [3.8, 4) is 17.2 Å². The minimum Gasteiger partial charge on any atom is -0.493 e. The second kappa shape index (κ2) is 9.36. The maximum absolute atomic E-state index is 9.95. The predicted octanol–water partition coefficient (Wildman–Crippen LogP) is -0.929. The van der Waals surface area contributed by atoms with E-state index in [9.17, 15) is 20.4 Å². The largest absolute Gasteiger partial charge is 0.493 e. The first-order valence-corrected chi connectivity index (χ1v) is 8.17. The lowest BCUT2D eigenvalue weighted by Gasteiger charge is -2.39. The van der Waals surface area contributed by atoms with E-state index in [2.05, 4.69) is 0 Å². The summed E-state index contributed by atoms with van der Waals surface area (Å²) in [7, 11) is 4.55. The molecule has 0 saturated carbocycles. The Labute approximate surface area is 151 Å². The van der Waals surface area contributed by atoms with Crippen molar-refractivity contribution in [3.63, 3.8) is 0 Å². The van der Waals surface area contributed by atoms with Gasteiger partial charge in [-0.2, -0.15) is 0 Å². The third-order valence-electron chi connectivity index (χ3n) is 4.25. The average Bonchev–Trinajstić information content (AvgIpc) is 2.66. The van der Waals surface area contributed by atoms with Gasteiger partial charge in [0.25, 0.3) is 0 Å². The summed E-state index contributed by atoms with van der Waals surface area (Å²) in [6.45, 7) is -0.348. The molecule has 9 heteroatoms. The fourth-order valence-electron chi connectivity index (χ4n) is 2.78. The molecule has 0 aliphatic carbocycles. The van der Waals surface area contributed by atoms with E-state index in [-0.39, 0.29) is 6.61 Å². The zero-order valence-corrected chi connectivity index (χ0v) is 15.0.